The summed E-state index contributed by atoms with van der Waals surface area (Å²) in [6.45, 7) is 2.13. The zero-order chi connectivity index (χ0) is 18.4. The number of aryl methyl sites for hydroxylation is 1. The molecule has 0 aliphatic carbocycles. The van der Waals surface area contributed by atoms with Gasteiger partial charge in [0.25, 0.3) is 5.69 Å². The van der Waals surface area contributed by atoms with Gasteiger partial charge in [-0.15, -0.1) is 23.1 Å². The number of anilines is 1. The van der Waals surface area contributed by atoms with Crippen LogP contribution in [0.2, 0.25) is 0 Å². The van der Waals surface area contributed by atoms with Crippen molar-refractivity contribution in [2.75, 3.05) is 18.1 Å². The van der Waals surface area contributed by atoms with Crippen molar-refractivity contribution in [2.24, 2.45) is 0 Å². The van der Waals surface area contributed by atoms with E-state index in [-0.39, 0.29) is 23.0 Å². The number of hydrogen-bond donors (Lipinski definition) is 1. The van der Waals surface area contributed by atoms with Gasteiger partial charge in [0.1, 0.15) is 14.8 Å². The minimum Gasteiger partial charge on any atom is -1.00 e. The Morgan fingerprint density at radius 1 is 1.15 bits per heavy atom. The van der Waals surface area contributed by atoms with Gasteiger partial charge < -0.3 is 27.5 Å². The van der Waals surface area contributed by atoms with E-state index in [1.165, 1.54) is 16.9 Å². The molecule has 0 amide bonds. The molecule has 2 N–H and O–H groups in total. The standard InChI is InChI=1S/C20H20N2O2S2.BrH/c1-2-24-19(23)18-16(21)17(22-12-7-4-8-13-22)20(26-18)25-14-11-15-9-5-3-6-10-15;/h3-10,12-13H,2,11,14H2,1H3,(H-,21,23);1H. The Labute approximate surface area is 178 Å². The number of rotatable bonds is 7. The Hall–Kier alpha value is -1.83. The van der Waals surface area contributed by atoms with Crippen LogP contribution in [-0.4, -0.2) is 18.3 Å². The Morgan fingerprint density at radius 3 is 2.48 bits per heavy atom. The third kappa shape index (κ3) is 5.34. The summed E-state index contributed by atoms with van der Waals surface area (Å²) in [6.07, 6.45) is 4.83. The van der Waals surface area contributed by atoms with Crippen LogP contribution in [0.4, 0.5) is 5.69 Å². The van der Waals surface area contributed by atoms with Crippen molar-refractivity contribution in [3.05, 3.63) is 71.4 Å². The lowest BCUT2D eigenvalue weighted by Gasteiger charge is -2.01. The molecule has 0 aliphatic heterocycles. The number of benzene rings is 1. The zero-order valence-electron chi connectivity index (χ0n) is 14.9. The van der Waals surface area contributed by atoms with Crippen molar-refractivity contribution >= 4 is 34.8 Å². The topological polar surface area (TPSA) is 56.2 Å². The van der Waals surface area contributed by atoms with Gasteiger partial charge in [-0.2, -0.15) is 4.57 Å². The third-order valence-electron chi connectivity index (χ3n) is 3.79. The molecule has 0 bridgehead atoms. The highest BCUT2D eigenvalue weighted by molar-refractivity contribution is 8.01. The van der Waals surface area contributed by atoms with Crippen molar-refractivity contribution in [3.8, 4) is 5.69 Å². The molecule has 0 radical (unpaired) electrons. The Kier molecular flexibility index (Phi) is 8.34. The second kappa shape index (κ2) is 10.5. The van der Waals surface area contributed by atoms with Gasteiger partial charge in [-0.25, -0.2) is 4.79 Å². The van der Waals surface area contributed by atoms with Gasteiger partial charge in [0.05, 0.1) is 6.61 Å². The summed E-state index contributed by atoms with van der Waals surface area (Å²) in [5, 5.41) is 0. The van der Waals surface area contributed by atoms with Gasteiger partial charge in [-0.05, 0) is 18.9 Å². The number of ether oxygens (including phenoxy) is 1. The maximum Gasteiger partial charge on any atom is 0.350 e. The van der Waals surface area contributed by atoms with E-state index in [1.54, 1.807) is 18.7 Å². The number of carbonyl (C=O) groups is 1. The molecule has 0 spiro atoms. The summed E-state index contributed by atoms with van der Waals surface area (Å²) in [7, 11) is 0. The summed E-state index contributed by atoms with van der Waals surface area (Å²) in [4.78, 5) is 12.7. The molecule has 0 unspecified atom stereocenters. The monoisotopic (exact) mass is 464 g/mol. The number of thiophene rings is 1. The van der Waals surface area contributed by atoms with E-state index in [0.29, 0.717) is 17.2 Å². The molecule has 2 heterocycles. The van der Waals surface area contributed by atoms with E-state index in [1.807, 2.05) is 53.4 Å². The number of nitrogens with two attached hydrogens (primary N) is 1. The second-order valence-electron chi connectivity index (χ2n) is 5.57. The third-order valence-corrected chi connectivity index (χ3v) is 6.23. The van der Waals surface area contributed by atoms with Gasteiger partial charge in [0.2, 0.25) is 0 Å². The van der Waals surface area contributed by atoms with E-state index >= 15 is 0 Å². The molecule has 3 aromatic rings. The minimum atomic E-state index is -0.359. The predicted molar refractivity (Wildman–Crippen MR) is 107 cm³/mol. The summed E-state index contributed by atoms with van der Waals surface area (Å²) in [5.74, 6) is 0.551. The summed E-state index contributed by atoms with van der Waals surface area (Å²) >= 11 is 3.12. The molecular weight excluding hydrogens is 444 g/mol. The van der Waals surface area contributed by atoms with Crippen molar-refractivity contribution in [1.82, 2.24) is 0 Å². The molecule has 0 fully saturated rings. The highest BCUT2D eigenvalue weighted by atomic mass is 79.9. The number of pyridine rings is 1. The molecule has 0 atom stereocenters. The molecule has 4 nitrogen and oxygen atoms in total. The van der Waals surface area contributed by atoms with Gasteiger partial charge in [-0.1, -0.05) is 36.4 Å². The number of halogens is 1. The van der Waals surface area contributed by atoms with Crippen LogP contribution in [0.5, 0.6) is 0 Å². The number of thioether (sulfide) groups is 1. The van der Waals surface area contributed by atoms with Crippen LogP contribution in [0.3, 0.4) is 0 Å². The smallest absolute Gasteiger partial charge is 0.350 e. The average molecular weight is 465 g/mol. The molecule has 2 aromatic heterocycles. The first kappa shape index (κ1) is 21.5. The van der Waals surface area contributed by atoms with Crippen LogP contribution in [0.1, 0.15) is 22.2 Å². The van der Waals surface area contributed by atoms with Crippen LogP contribution in [0.25, 0.3) is 5.69 Å². The van der Waals surface area contributed by atoms with E-state index < -0.39 is 0 Å². The van der Waals surface area contributed by atoms with Crippen molar-refractivity contribution in [3.63, 3.8) is 0 Å². The van der Waals surface area contributed by atoms with Gasteiger partial charge >= 0.3 is 5.97 Å². The molecule has 1 aromatic carbocycles. The van der Waals surface area contributed by atoms with Crippen molar-refractivity contribution in [2.45, 2.75) is 17.6 Å². The predicted octanol–water partition coefficient (Wildman–Crippen LogP) is 1.12. The van der Waals surface area contributed by atoms with Crippen LogP contribution in [-0.2, 0) is 11.2 Å². The number of carbonyl (C=O) groups excluding carboxylic acids is 1. The fourth-order valence-electron chi connectivity index (χ4n) is 2.56. The highest BCUT2D eigenvalue weighted by Gasteiger charge is 2.28. The SMILES string of the molecule is CCOC(=O)c1sc(SCCc2ccccc2)c(-[n+]2ccccc2)c1N.[Br-]. The number of nitrogen functional groups attached to an aromatic ring is 1. The summed E-state index contributed by atoms with van der Waals surface area (Å²) in [5.41, 5.74) is 8.96. The summed E-state index contributed by atoms with van der Waals surface area (Å²) in [6, 6.07) is 16.2. The Morgan fingerprint density at radius 2 is 1.81 bits per heavy atom. The Bertz CT molecular complexity index is 870. The normalized spacial score (nSPS) is 10.3. The second-order valence-corrected chi connectivity index (χ2v) is 7.95. The molecule has 0 saturated carbocycles. The fourth-order valence-corrected chi connectivity index (χ4v) is 5.02. The van der Waals surface area contributed by atoms with Gasteiger partial charge in [0, 0.05) is 17.9 Å². The molecular formula is C20H21BrN2O2S2. The first-order chi connectivity index (χ1) is 12.7. The van der Waals surface area contributed by atoms with Crippen molar-refractivity contribution < 1.29 is 31.1 Å². The number of aromatic nitrogens is 1. The minimum absolute atomic E-state index is 0. The zero-order valence-corrected chi connectivity index (χ0v) is 18.1. The molecule has 142 valence electrons. The van der Waals surface area contributed by atoms with Crippen LogP contribution < -0.4 is 27.3 Å². The summed E-state index contributed by atoms with van der Waals surface area (Å²) < 4.78 is 8.14. The maximum absolute atomic E-state index is 12.2. The van der Waals surface area contributed by atoms with Crippen molar-refractivity contribution in [1.29, 1.82) is 0 Å². The number of nitrogens with zero attached hydrogens (tertiary/aromatic N) is 1. The quantitative estimate of drug-likeness (QED) is 0.323. The van der Waals surface area contributed by atoms with Gasteiger partial charge in [0.15, 0.2) is 12.4 Å². The van der Waals surface area contributed by atoms with E-state index in [9.17, 15) is 4.79 Å². The largest absolute Gasteiger partial charge is 1.00 e. The van der Waals surface area contributed by atoms with E-state index in [4.69, 9.17) is 10.5 Å². The number of hydrogen-bond acceptors (Lipinski definition) is 5. The highest BCUT2D eigenvalue weighted by Crippen LogP contribution is 2.39. The van der Waals surface area contributed by atoms with Crippen LogP contribution in [0, 0.1) is 0 Å². The maximum atomic E-state index is 12.2. The fraction of sp³-hybridized carbons (Fsp3) is 0.200. The number of esters is 1. The lowest BCUT2D eigenvalue weighted by Crippen LogP contribution is -3.00. The van der Waals surface area contributed by atoms with E-state index in [2.05, 4.69) is 12.1 Å². The average Bonchev–Trinajstić information content (AvgIpc) is 3.00. The first-order valence-corrected chi connectivity index (χ1v) is 10.2. The van der Waals surface area contributed by atoms with Gasteiger partial charge in [-0.3, -0.25) is 0 Å². The van der Waals surface area contributed by atoms with Crippen LogP contribution >= 0.6 is 23.1 Å². The molecule has 7 heteroatoms. The lowest BCUT2D eigenvalue weighted by molar-refractivity contribution is -0.596. The first-order valence-electron chi connectivity index (χ1n) is 8.43. The molecule has 0 saturated heterocycles. The molecule has 27 heavy (non-hydrogen) atoms. The van der Waals surface area contributed by atoms with E-state index in [0.717, 1.165) is 22.1 Å². The lowest BCUT2D eigenvalue weighted by atomic mass is 10.2. The Balaban J connectivity index is 0.00000261. The molecule has 0 aliphatic rings. The molecule has 3 rings (SSSR count). The van der Waals surface area contributed by atoms with Crippen LogP contribution in [0.15, 0.2) is 65.1 Å².